The minimum atomic E-state index is -1.18. The molecule has 0 aromatic heterocycles. The average Bonchev–Trinajstić information content (AvgIpc) is 3.13. The summed E-state index contributed by atoms with van der Waals surface area (Å²) in [6, 6.07) is 5.40. The van der Waals surface area contributed by atoms with E-state index in [1.807, 2.05) is 44.2 Å². The number of hydrogen-bond donors (Lipinski definition) is 10. The van der Waals surface area contributed by atoms with Crippen molar-refractivity contribution in [2.75, 3.05) is 19.7 Å². The Kier molecular flexibility index (Phi) is 19.2. The lowest BCUT2D eigenvalue weighted by atomic mass is 9.83. The van der Waals surface area contributed by atoms with Gasteiger partial charge in [0.2, 0.25) is 29.5 Å². The molecule has 2 fully saturated rings. The zero-order valence-corrected chi connectivity index (χ0v) is 32.5. The number of carbonyl (C=O) groups excluding carboxylic acids is 5. The molecule has 1 saturated heterocycles. The molecule has 17 heteroatoms. The first kappa shape index (κ1) is 45.8. The first-order valence-corrected chi connectivity index (χ1v) is 19.7. The second-order valence-electron chi connectivity index (χ2n) is 15.4. The van der Waals surface area contributed by atoms with E-state index in [9.17, 15) is 43.8 Å². The number of rotatable bonds is 22. The molecule has 5 amide bonds. The van der Waals surface area contributed by atoms with Crippen molar-refractivity contribution in [3.05, 3.63) is 35.9 Å². The summed E-state index contributed by atoms with van der Waals surface area (Å²) in [5.74, 6) is -5.53. The highest BCUT2D eigenvalue weighted by atomic mass is 16.4. The molecule has 17 nitrogen and oxygen atoms in total. The molecule has 1 aliphatic heterocycles. The lowest BCUT2D eigenvalue weighted by Gasteiger charge is -2.33. The maximum Gasteiger partial charge on any atom is 0.305 e. The zero-order valence-electron chi connectivity index (χ0n) is 32.5. The van der Waals surface area contributed by atoms with E-state index in [0.717, 1.165) is 18.4 Å². The Balaban J connectivity index is 1.62. The molecule has 312 valence electrons. The third kappa shape index (κ3) is 16.2. The van der Waals surface area contributed by atoms with Crippen molar-refractivity contribution >= 4 is 41.5 Å². The van der Waals surface area contributed by atoms with Gasteiger partial charge in [0, 0.05) is 62.4 Å². The molecule has 11 N–H and O–H groups in total. The van der Waals surface area contributed by atoms with Crippen LogP contribution in [0.15, 0.2) is 30.3 Å². The summed E-state index contributed by atoms with van der Waals surface area (Å²) in [4.78, 5) is 88.8. The number of carboxylic acids is 2. The highest BCUT2D eigenvalue weighted by molar-refractivity contribution is 5.85. The van der Waals surface area contributed by atoms with Gasteiger partial charge in [-0.1, -0.05) is 57.0 Å². The summed E-state index contributed by atoms with van der Waals surface area (Å²) in [6.07, 6.45) is 2.23. The summed E-state index contributed by atoms with van der Waals surface area (Å²) >= 11 is 0. The standard InChI is InChI=1S/C39H61N7O10/c1-23(2)32(46-34(49)18-27(22-47)44-39(56)29-21-41-15-14-30(29)40)20-35(50)45-31-11-7-6-10-28(31)38(55)43-26(16-24-8-4-3-5-9-24)17-33(48)42-25(19-37(53)54)12-13-36(51)52/h3-5,8-9,23,25-32,41,47H,6-7,10-22,40H2,1-2H3,(H,42,48)(H,43,55)(H,44,56)(H,45,50)(H,46,49)(H,51,52)(H,53,54)/t25-,26-,27+,28+,29+,30+,31+,32+/m0/s1. The molecule has 1 aromatic carbocycles. The van der Waals surface area contributed by atoms with Crippen LogP contribution in [-0.4, -0.2) is 113 Å². The van der Waals surface area contributed by atoms with Crippen LogP contribution in [0.4, 0.5) is 0 Å². The van der Waals surface area contributed by atoms with Gasteiger partial charge in [-0.3, -0.25) is 33.6 Å². The first-order chi connectivity index (χ1) is 26.6. The number of nitrogens with two attached hydrogens (primary N) is 1. The Bertz CT molecular complexity index is 1480. The fraction of sp³-hybridized carbons (Fsp3) is 0.667. The normalized spacial score (nSPS) is 21.7. The number of amides is 5. The van der Waals surface area contributed by atoms with Crippen molar-refractivity contribution in [2.45, 2.75) is 127 Å². The number of carbonyl (C=O) groups is 7. The van der Waals surface area contributed by atoms with E-state index >= 15 is 0 Å². The van der Waals surface area contributed by atoms with Crippen LogP contribution in [0.1, 0.15) is 90.0 Å². The smallest absolute Gasteiger partial charge is 0.305 e. The number of aliphatic hydroxyl groups excluding tert-OH is 1. The predicted molar refractivity (Wildman–Crippen MR) is 206 cm³/mol. The Morgan fingerprint density at radius 1 is 0.750 bits per heavy atom. The molecular weight excluding hydrogens is 726 g/mol. The maximum atomic E-state index is 13.9. The van der Waals surface area contributed by atoms with Crippen LogP contribution < -0.4 is 37.6 Å². The third-order valence-corrected chi connectivity index (χ3v) is 10.5. The van der Waals surface area contributed by atoms with Crippen molar-refractivity contribution in [3.8, 4) is 0 Å². The van der Waals surface area contributed by atoms with Gasteiger partial charge >= 0.3 is 11.9 Å². The number of piperidine rings is 1. The summed E-state index contributed by atoms with van der Waals surface area (Å²) in [6.45, 7) is 4.38. The summed E-state index contributed by atoms with van der Waals surface area (Å²) < 4.78 is 0. The molecule has 3 rings (SSSR count). The van der Waals surface area contributed by atoms with E-state index in [1.54, 1.807) is 0 Å². The van der Waals surface area contributed by atoms with E-state index in [-0.39, 0.29) is 61.8 Å². The van der Waals surface area contributed by atoms with Crippen molar-refractivity contribution in [1.82, 2.24) is 31.9 Å². The second-order valence-corrected chi connectivity index (χ2v) is 15.4. The molecule has 1 aliphatic carbocycles. The number of aliphatic carboxylic acids is 2. The number of benzene rings is 1. The van der Waals surface area contributed by atoms with Crippen LogP contribution in [0.25, 0.3) is 0 Å². The van der Waals surface area contributed by atoms with Gasteiger partial charge < -0.3 is 53.0 Å². The van der Waals surface area contributed by atoms with E-state index < -0.39 is 78.8 Å². The van der Waals surface area contributed by atoms with Crippen LogP contribution >= 0.6 is 0 Å². The molecule has 2 aliphatic rings. The molecule has 0 unspecified atom stereocenters. The molecule has 1 aromatic rings. The van der Waals surface area contributed by atoms with Crippen LogP contribution in [0.2, 0.25) is 0 Å². The van der Waals surface area contributed by atoms with Gasteiger partial charge in [0.05, 0.1) is 30.9 Å². The summed E-state index contributed by atoms with van der Waals surface area (Å²) in [7, 11) is 0. The van der Waals surface area contributed by atoms with Gasteiger partial charge in [-0.15, -0.1) is 0 Å². The number of hydrogen-bond acceptors (Lipinski definition) is 10. The predicted octanol–water partition coefficient (Wildman–Crippen LogP) is -0.0618. The third-order valence-electron chi connectivity index (χ3n) is 10.5. The van der Waals surface area contributed by atoms with Gasteiger partial charge in [0.25, 0.3) is 0 Å². The first-order valence-electron chi connectivity index (χ1n) is 19.7. The average molecular weight is 788 g/mol. The molecule has 0 bridgehead atoms. The highest BCUT2D eigenvalue weighted by Crippen LogP contribution is 2.26. The fourth-order valence-electron chi connectivity index (χ4n) is 7.29. The van der Waals surface area contributed by atoms with Crippen LogP contribution in [0.5, 0.6) is 0 Å². The second kappa shape index (κ2) is 23.5. The molecule has 56 heavy (non-hydrogen) atoms. The van der Waals surface area contributed by atoms with Gasteiger partial charge in [-0.2, -0.15) is 0 Å². The van der Waals surface area contributed by atoms with Gasteiger partial charge in [0.1, 0.15) is 0 Å². The van der Waals surface area contributed by atoms with Gasteiger partial charge in [-0.25, -0.2) is 0 Å². The van der Waals surface area contributed by atoms with E-state index in [0.29, 0.717) is 38.8 Å². The Morgan fingerprint density at radius 3 is 2.04 bits per heavy atom. The minimum absolute atomic E-state index is 0.0661. The Morgan fingerprint density at radius 2 is 1.39 bits per heavy atom. The Labute approximate surface area is 328 Å². The molecule has 0 radical (unpaired) electrons. The van der Waals surface area contributed by atoms with Crippen molar-refractivity contribution in [2.24, 2.45) is 23.5 Å². The van der Waals surface area contributed by atoms with Crippen LogP contribution in [0, 0.1) is 17.8 Å². The van der Waals surface area contributed by atoms with Crippen molar-refractivity contribution in [3.63, 3.8) is 0 Å². The van der Waals surface area contributed by atoms with E-state index in [4.69, 9.17) is 10.8 Å². The van der Waals surface area contributed by atoms with Gasteiger partial charge in [0.15, 0.2) is 0 Å². The monoisotopic (exact) mass is 787 g/mol. The molecule has 8 atom stereocenters. The largest absolute Gasteiger partial charge is 0.481 e. The van der Waals surface area contributed by atoms with Gasteiger partial charge in [-0.05, 0) is 50.1 Å². The maximum absolute atomic E-state index is 13.9. The van der Waals surface area contributed by atoms with E-state index in [2.05, 4.69) is 31.9 Å². The molecule has 0 spiro atoms. The SMILES string of the molecule is CC(C)[C@@H](CC(=O)N[C@@H]1CCCC[C@H]1C(=O)N[C@H](CC(=O)N[C@@H](CCC(=O)O)CC(=O)O)Cc1ccccc1)NC(=O)C[C@H](CO)NC(=O)[C@@H]1CNCC[C@H]1N. The van der Waals surface area contributed by atoms with E-state index in [1.165, 1.54) is 0 Å². The number of nitrogens with one attached hydrogen (secondary N) is 6. The van der Waals surface area contributed by atoms with Crippen molar-refractivity contribution < 1.29 is 48.9 Å². The summed E-state index contributed by atoms with van der Waals surface area (Å²) in [5, 5.41) is 45.6. The molecule has 1 heterocycles. The quantitative estimate of drug-likeness (QED) is 0.0740. The molecule has 1 saturated carbocycles. The number of aliphatic hydroxyl groups is 1. The lowest BCUT2D eigenvalue weighted by Crippen LogP contribution is -2.54. The molecular formula is C39H61N7O10. The lowest BCUT2D eigenvalue weighted by molar-refractivity contribution is -0.140. The highest BCUT2D eigenvalue weighted by Gasteiger charge is 2.35. The minimum Gasteiger partial charge on any atom is -0.481 e. The zero-order chi connectivity index (χ0) is 41.2. The van der Waals surface area contributed by atoms with Crippen LogP contribution in [-0.2, 0) is 40.0 Å². The van der Waals surface area contributed by atoms with Crippen molar-refractivity contribution in [1.29, 1.82) is 0 Å². The van der Waals surface area contributed by atoms with Crippen LogP contribution in [0.3, 0.4) is 0 Å². The number of carboxylic acid groups (broad SMARTS) is 2. The summed E-state index contributed by atoms with van der Waals surface area (Å²) in [5.41, 5.74) is 6.95. The fourth-order valence-corrected chi connectivity index (χ4v) is 7.29. The topological polar surface area (TPSA) is 278 Å². The Hall–Kier alpha value is -4.61.